The van der Waals surface area contributed by atoms with Crippen molar-refractivity contribution in [1.82, 2.24) is 4.90 Å². The van der Waals surface area contributed by atoms with E-state index in [0.29, 0.717) is 34.3 Å². The van der Waals surface area contributed by atoms with E-state index in [1.807, 2.05) is 36.4 Å². The number of amides is 2. The molecular formula is C23H22N2O4S2. The molecule has 2 aromatic carbocycles. The number of carboxylic acids is 1. The fourth-order valence-corrected chi connectivity index (χ4v) is 4.39. The number of nitrogens with one attached hydrogen (secondary N) is 1. The molecule has 0 aromatic heterocycles. The molecule has 8 heteroatoms. The first kappa shape index (κ1) is 22.7. The van der Waals surface area contributed by atoms with Gasteiger partial charge < -0.3 is 10.4 Å². The van der Waals surface area contributed by atoms with Crippen LogP contribution < -0.4 is 5.32 Å². The monoisotopic (exact) mass is 454 g/mol. The van der Waals surface area contributed by atoms with E-state index in [-0.39, 0.29) is 17.4 Å². The maximum absolute atomic E-state index is 12.6. The van der Waals surface area contributed by atoms with Crippen molar-refractivity contribution in [3.63, 3.8) is 0 Å². The SMILES string of the molecule is O=C(CCCCCN1C(=O)/C(=C\c2ccccc2)SC1=S)Nc1cccc(C(=O)O)c1. The molecule has 0 bridgehead atoms. The summed E-state index contributed by atoms with van der Waals surface area (Å²) in [4.78, 5) is 37.9. The summed E-state index contributed by atoms with van der Waals surface area (Å²) < 4.78 is 0.559. The van der Waals surface area contributed by atoms with E-state index in [9.17, 15) is 14.4 Å². The number of nitrogens with zero attached hydrogens (tertiary/aromatic N) is 1. The third-order valence-electron chi connectivity index (χ3n) is 4.65. The zero-order chi connectivity index (χ0) is 22.2. The topological polar surface area (TPSA) is 86.7 Å². The van der Waals surface area contributed by atoms with Crippen LogP contribution in [0.5, 0.6) is 0 Å². The summed E-state index contributed by atoms with van der Waals surface area (Å²) in [6.07, 6.45) is 4.36. The lowest BCUT2D eigenvalue weighted by atomic mass is 10.1. The molecule has 1 aliphatic rings. The minimum Gasteiger partial charge on any atom is -0.478 e. The summed E-state index contributed by atoms with van der Waals surface area (Å²) in [6.45, 7) is 0.527. The van der Waals surface area contributed by atoms with Gasteiger partial charge in [0.2, 0.25) is 5.91 Å². The van der Waals surface area contributed by atoms with Crippen molar-refractivity contribution in [2.45, 2.75) is 25.7 Å². The molecule has 0 saturated carbocycles. The Balaban J connectivity index is 1.40. The number of thioether (sulfide) groups is 1. The van der Waals surface area contributed by atoms with Gasteiger partial charge in [-0.25, -0.2) is 4.79 Å². The standard InChI is InChI=1S/C23H22N2O4S2/c26-20(24-18-11-7-10-17(15-18)22(28)29)12-5-2-6-13-25-21(27)19(31-23(25)30)14-16-8-3-1-4-9-16/h1,3-4,7-11,14-15H,2,5-6,12-13H2,(H,24,26)(H,28,29)/b19-14+. The number of unbranched alkanes of at least 4 members (excludes halogenated alkanes) is 2. The molecule has 0 aliphatic carbocycles. The molecule has 0 spiro atoms. The largest absolute Gasteiger partial charge is 0.478 e. The number of thiocarbonyl (C=S) groups is 1. The van der Waals surface area contributed by atoms with Crippen molar-refractivity contribution in [3.8, 4) is 0 Å². The van der Waals surface area contributed by atoms with Crippen molar-refractivity contribution >= 4 is 57.8 Å². The molecule has 2 amide bonds. The Morgan fingerprint density at radius 2 is 1.84 bits per heavy atom. The molecule has 1 aliphatic heterocycles. The fraction of sp³-hybridized carbons (Fsp3) is 0.217. The van der Waals surface area contributed by atoms with Crippen LogP contribution in [0.1, 0.15) is 41.6 Å². The zero-order valence-electron chi connectivity index (χ0n) is 16.7. The second-order valence-electron chi connectivity index (χ2n) is 6.99. The van der Waals surface area contributed by atoms with Gasteiger partial charge in [0.1, 0.15) is 4.32 Å². The van der Waals surface area contributed by atoms with Crippen LogP contribution in [0, 0.1) is 0 Å². The van der Waals surface area contributed by atoms with E-state index in [1.165, 1.54) is 23.9 Å². The van der Waals surface area contributed by atoms with E-state index < -0.39 is 5.97 Å². The number of carbonyl (C=O) groups excluding carboxylic acids is 2. The fourth-order valence-electron chi connectivity index (χ4n) is 3.08. The third-order valence-corrected chi connectivity index (χ3v) is 6.03. The van der Waals surface area contributed by atoms with E-state index in [1.54, 1.807) is 17.0 Å². The summed E-state index contributed by atoms with van der Waals surface area (Å²) in [5, 5.41) is 11.7. The van der Waals surface area contributed by atoms with E-state index in [2.05, 4.69) is 5.32 Å². The smallest absolute Gasteiger partial charge is 0.335 e. The van der Waals surface area contributed by atoms with Gasteiger partial charge in [-0.05, 0) is 42.7 Å². The summed E-state index contributed by atoms with van der Waals surface area (Å²) in [7, 11) is 0. The predicted octanol–water partition coefficient (Wildman–Crippen LogP) is 4.79. The number of carbonyl (C=O) groups is 3. The summed E-state index contributed by atoms with van der Waals surface area (Å²) in [6, 6.07) is 15.8. The average molecular weight is 455 g/mol. The Hall–Kier alpha value is -2.97. The van der Waals surface area contributed by atoms with E-state index >= 15 is 0 Å². The van der Waals surface area contributed by atoms with Crippen molar-refractivity contribution in [2.24, 2.45) is 0 Å². The van der Waals surface area contributed by atoms with Crippen LogP contribution in [0.15, 0.2) is 59.5 Å². The van der Waals surface area contributed by atoms with Crippen LogP contribution in [-0.2, 0) is 9.59 Å². The Kier molecular flexibility index (Phi) is 7.97. The van der Waals surface area contributed by atoms with Gasteiger partial charge in [0.15, 0.2) is 0 Å². The van der Waals surface area contributed by atoms with Gasteiger partial charge in [-0.15, -0.1) is 0 Å². The second-order valence-corrected chi connectivity index (χ2v) is 8.66. The van der Waals surface area contributed by atoms with E-state index in [0.717, 1.165) is 18.4 Å². The molecule has 0 radical (unpaired) electrons. The van der Waals surface area contributed by atoms with E-state index in [4.69, 9.17) is 17.3 Å². The second kappa shape index (κ2) is 10.9. The molecule has 2 N–H and O–H groups in total. The number of carboxylic acid groups (broad SMARTS) is 1. The summed E-state index contributed by atoms with van der Waals surface area (Å²) in [5.74, 6) is -1.28. The normalized spacial score (nSPS) is 14.8. The molecule has 1 heterocycles. The molecule has 1 fully saturated rings. The molecule has 0 unspecified atom stereocenters. The van der Waals surface area contributed by atoms with Crippen molar-refractivity contribution in [3.05, 3.63) is 70.6 Å². The number of benzene rings is 2. The molecule has 2 aromatic rings. The van der Waals surface area contributed by atoms with Gasteiger partial charge >= 0.3 is 5.97 Å². The lowest BCUT2D eigenvalue weighted by Gasteiger charge is -2.14. The number of hydrogen-bond acceptors (Lipinski definition) is 5. The molecule has 31 heavy (non-hydrogen) atoms. The van der Waals surface area contributed by atoms with Crippen LogP contribution in [0.3, 0.4) is 0 Å². The third kappa shape index (κ3) is 6.50. The molecule has 6 nitrogen and oxygen atoms in total. The van der Waals surface area contributed by atoms with Gasteiger partial charge in [0.05, 0.1) is 10.5 Å². The van der Waals surface area contributed by atoms with Gasteiger partial charge in [-0.2, -0.15) is 0 Å². The molecule has 160 valence electrons. The van der Waals surface area contributed by atoms with Gasteiger partial charge in [0.25, 0.3) is 5.91 Å². The lowest BCUT2D eigenvalue weighted by molar-refractivity contribution is -0.122. The highest BCUT2D eigenvalue weighted by Gasteiger charge is 2.31. The highest BCUT2D eigenvalue weighted by Crippen LogP contribution is 2.32. The number of aromatic carboxylic acids is 1. The van der Waals surface area contributed by atoms with Crippen molar-refractivity contribution in [2.75, 3.05) is 11.9 Å². The van der Waals surface area contributed by atoms with Crippen LogP contribution in [0.2, 0.25) is 0 Å². The van der Waals surface area contributed by atoms with Crippen LogP contribution >= 0.6 is 24.0 Å². The van der Waals surface area contributed by atoms with Crippen molar-refractivity contribution in [1.29, 1.82) is 0 Å². The van der Waals surface area contributed by atoms with Crippen LogP contribution in [0.25, 0.3) is 6.08 Å². The minimum atomic E-state index is -1.04. The van der Waals surface area contributed by atoms with Gasteiger partial charge in [-0.3, -0.25) is 14.5 Å². The number of hydrogen-bond donors (Lipinski definition) is 2. The Morgan fingerprint density at radius 1 is 1.06 bits per heavy atom. The average Bonchev–Trinajstić information content (AvgIpc) is 3.01. The van der Waals surface area contributed by atoms with Crippen LogP contribution in [-0.4, -0.2) is 38.7 Å². The first-order valence-corrected chi connectivity index (χ1v) is 11.1. The van der Waals surface area contributed by atoms with Crippen molar-refractivity contribution < 1.29 is 19.5 Å². The maximum Gasteiger partial charge on any atom is 0.335 e. The summed E-state index contributed by atoms with van der Waals surface area (Å²) >= 11 is 6.67. The first-order valence-electron chi connectivity index (χ1n) is 9.87. The molecule has 1 saturated heterocycles. The Morgan fingerprint density at radius 3 is 2.58 bits per heavy atom. The molecule has 3 rings (SSSR count). The highest BCUT2D eigenvalue weighted by molar-refractivity contribution is 8.26. The van der Waals surface area contributed by atoms with Gasteiger partial charge in [-0.1, -0.05) is 66.8 Å². The molecule has 0 atom stereocenters. The quantitative estimate of drug-likeness (QED) is 0.322. The Labute approximate surface area is 190 Å². The Bertz CT molecular complexity index is 1020. The zero-order valence-corrected chi connectivity index (χ0v) is 18.4. The van der Waals surface area contributed by atoms with Gasteiger partial charge in [0, 0.05) is 18.7 Å². The number of anilines is 1. The first-order chi connectivity index (χ1) is 14.9. The molecular weight excluding hydrogens is 432 g/mol. The lowest BCUT2D eigenvalue weighted by Crippen LogP contribution is -2.29. The highest BCUT2D eigenvalue weighted by atomic mass is 32.2. The number of rotatable bonds is 9. The maximum atomic E-state index is 12.6. The summed E-state index contributed by atoms with van der Waals surface area (Å²) in [5.41, 5.74) is 1.55. The van der Waals surface area contributed by atoms with Crippen LogP contribution in [0.4, 0.5) is 5.69 Å². The predicted molar refractivity (Wildman–Crippen MR) is 127 cm³/mol. The minimum absolute atomic E-state index is 0.0742.